The smallest absolute Gasteiger partial charge is 0.276 e. The van der Waals surface area contributed by atoms with Crippen LogP contribution >= 0.6 is 0 Å². The van der Waals surface area contributed by atoms with Gasteiger partial charge in [-0.05, 0) is 25.8 Å². The number of carbonyl (C=O) groups is 1. The molecule has 1 saturated heterocycles. The number of nitrogens with two attached hydrogens (primary N) is 1. The van der Waals surface area contributed by atoms with Gasteiger partial charge in [-0.2, -0.15) is 12.7 Å². The highest BCUT2D eigenvalue weighted by Crippen LogP contribution is 2.20. The maximum Gasteiger partial charge on any atom is 0.276 e. The van der Waals surface area contributed by atoms with Crippen LogP contribution in [0.15, 0.2) is 23.1 Å². The third-order valence-electron chi connectivity index (χ3n) is 3.78. The number of anilines is 1. The lowest BCUT2D eigenvalue weighted by Crippen LogP contribution is -2.44. The summed E-state index contributed by atoms with van der Waals surface area (Å²) in [6.45, 7) is 2.85. The summed E-state index contributed by atoms with van der Waals surface area (Å²) in [5.74, 6) is -0.435. The fourth-order valence-electron chi connectivity index (χ4n) is 2.47. The van der Waals surface area contributed by atoms with Gasteiger partial charge in [0.1, 0.15) is 0 Å². The van der Waals surface area contributed by atoms with E-state index in [9.17, 15) is 18.0 Å². The van der Waals surface area contributed by atoms with Crippen LogP contribution < -0.4 is 16.0 Å². The average molecular weight is 328 g/mol. The van der Waals surface area contributed by atoms with Gasteiger partial charge in [0.25, 0.3) is 15.8 Å². The van der Waals surface area contributed by atoms with Gasteiger partial charge in [-0.25, -0.2) is 5.14 Å². The monoisotopic (exact) mass is 328 g/mol. The number of amides is 1. The van der Waals surface area contributed by atoms with Crippen LogP contribution in [0.5, 0.6) is 0 Å². The van der Waals surface area contributed by atoms with E-state index in [2.05, 4.69) is 5.32 Å². The molecule has 0 aliphatic carbocycles. The molecule has 9 heteroatoms. The summed E-state index contributed by atoms with van der Waals surface area (Å²) >= 11 is 0. The van der Waals surface area contributed by atoms with Gasteiger partial charge in [-0.15, -0.1) is 0 Å². The molecule has 0 spiro atoms. The fraction of sp³-hybridized carbons (Fsp3) is 0.538. The van der Waals surface area contributed by atoms with Crippen molar-refractivity contribution in [3.63, 3.8) is 0 Å². The van der Waals surface area contributed by atoms with Crippen LogP contribution in [0, 0.1) is 5.92 Å². The van der Waals surface area contributed by atoms with Crippen molar-refractivity contribution in [1.29, 1.82) is 0 Å². The molecule has 1 aliphatic rings. The molecule has 1 aromatic rings. The molecule has 0 atom stereocenters. The van der Waals surface area contributed by atoms with E-state index in [0.717, 1.165) is 0 Å². The number of nitrogens with zero attached hydrogens (tertiary/aromatic N) is 2. The summed E-state index contributed by atoms with van der Waals surface area (Å²) in [7, 11) is -3.68. The first kappa shape index (κ1) is 16.7. The predicted molar refractivity (Wildman–Crippen MR) is 82.4 cm³/mol. The van der Waals surface area contributed by atoms with Gasteiger partial charge >= 0.3 is 0 Å². The molecule has 0 radical (unpaired) electrons. The lowest BCUT2D eigenvalue weighted by Gasteiger charge is -2.29. The molecular weight excluding hydrogens is 308 g/mol. The van der Waals surface area contributed by atoms with Crippen molar-refractivity contribution < 1.29 is 13.2 Å². The van der Waals surface area contributed by atoms with Crippen molar-refractivity contribution >= 4 is 21.8 Å². The zero-order valence-electron chi connectivity index (χ0n) is 12.4. The van der Waals surface area contributed by atoms with Gasteiger partial charge < -0.3 is 9.88 Å². The number of nitrogens with one attached hydrogen (secondary N) is 1. The first-order valence-electron chi connectivity index (χ1n) is 7.10. The predicted octanol–water partition coefficient (Wildman–Crippen LogP) is -0.278. The summed E-state index contributed by atoms with van der Waals surface area (Å²) in [5.41, 5.74) is 0.433. The van der Waals surface area contributed by atoms with E-state index >= 15 is 0 Å². The van der Waals surface area contributed by atoms with E-state index in [1.165, 1.54) is 14.9 Å². The number of hydrogen-bond donors (Lipinski definition) is 2. The molecule has 2 rings (SSSR count). The molecule has 122 valence electrons. The largest absolute Gasteiger partial charge is 0.325 e. The topological polar surface area (TPSA) is 114 Å². The van der Waals surface area contributed by atoms with Gasteiger partial charge in [-0.1, -0.05) is 0 Å². The number of pyridine rings is 1. The summed E-state index contributed by atoms with van der Waals surface area (Å²) in [5, 5.41) is 7.84. The van der Waals surface area contributed by atoms with Crippen LogP contribution in [0.2, 0.25) is 0 Å². The summed E-state index contributed by atoms with van der Waals surface area (Å²) in [4.78, 5) is 23.7. The zero-order chi connectivity index (χ0) is 16.3. The molecule has 1 amide bonds. The van der Waals surface area contributed by atoms with Gasteiger partial charge in [0.2, 0.25) is 5.91 Å². The van der Waals surface area contributed by atoms with Crippen molar-refractivity contribution in [2.24, 2.45) is 11.1 Å². The Bertz CT molecular complexity index is 705. The van der Waals surface area contributed by atoms with Crippen molar-refractivity contribution in [1.82, 2.24) is 8.87 Å². The average Bonchev–Trinajstić information content (AvgIpc) is 2.48. The number of rotatable bonds is 4. The molecule has 1 aliphatic heterocycles. The van der Waals surface area contributed by atoms with Crippen LogP contribution in [-0.4, -0.2) is 36.3 Å². The second-order valence-corrected chi connectivity index (χ2v) is 6.80. The first-order chi connectivity index (χ1) is 10.3. The lowest BCUT2D eigenvalue weighted by molar-refractivity contribution is -0.120. The standard InChI is InChI=1S/C13H20N4O4S/c1-2-16-9-11(3-4-12(16)18)15-13(19)10-5-7-17(8-6-10)22(14,20)21/h3-4,9-10H,2,5-8H2,1H3,(H,15,19)(H2,14,20,21). The molecule has 3 N–H and O–H groups in total. The number of piperidine rings is 1. The van der Waals surface area contributed by atoms with Crippen LogP contribution in [0.1, 0.15) is 19.8 Å². The number of carbonyl (C=O) groups excluding carboxylic acids is 1. The maximum absolute atomic E-state index is 12.2. The zero-order valence-corrected chi connectivity index (χ0v) is 13.2. The van der Waals surface area contributed by atoms with Crippen LogP contribution in [0.3, 0.4) is 0 Å². The second kappa shape index (κ2) is 6.59. The molecule has 1 fully saturated rings. The molecule has 0 aromatic carbocycles. The van der Waals surface area contributed by atoms with Gasteiger partial charge in [-0.3, -0.25) is 9.59 Å². The Morgan fingerprint density at radius 1 is 1.36 bits per heavy atom. The maximum atomic E-state index is 12.2. The Balaban J connectivity index is 1.98. The van der Waals surface area contributed by atoms with Crippen molar-refractivity contribution in [3.05, 3.63) is 28.7 Å². The van der Waals surface area contributed by atoms with E-state index in [-0.39, 0.29) is 30.5 Å². The Morgan fingerprint density at radius 3 is 2.55 bits per heavy atom. The molecule has 22 heavy (non-hydrogen) atoms. The summed E-state index contributed by atoms with van der Waals surface area (Å²) in [6, 6.07) is 2.97. The molecule has 0 bridgehead atoms. The normalized spacial score (nSPS) is 17.4. The third-order valence-corrected chi connectivity index (χ3v) is 4.86. The minimum atomic E-state index is -3.68. The van der Waals surface area contributed by atoms with E-state index in [1.54, 1.807) is 12.3 Å². The highest BCUT2D eigenvalue weighted by molar-refractivity contribution is 7.86. The van der Waals surface area contributed by atoms with E-state index in [4.69, 9.17) is 5.14 Å². The molecule has 0 saturated carbocycles. The van der Waals surface area contributed by atoms with E-state index in [1.807, 2.05) is 6.92 Å². The van der Waals surface area contributed by atoms with Crippen molar-refractivity contribution in [2.45, 2.75) is 26.3 Å². The Hall–Kier alpha value is -1.71. The van der Waals surface area contributed by atoms with Crippen LogP contribution in [0.25, 0.3) is 0 Å². The fourth-order valence-corrected chi connectivity index (χ4v) is 3.19. The van der Waals surface area contributed by atoms with Crippen LogP contribution in [0.4, 0.5) is 5.69 Å². The van der Waals surface area contributed by atoms with E-state index in [0.29, 0.717) is 25.1 Å². The molecule has 0 unspecified atom stereocenters. The highest BCUT2D eigenvalue weighted by atomic mass is 32.2. The molecular formula is C13H20N4O4S. The lowest BCUT2D eigenvalue weighted by atomic mass is 9.97. The number of hydrogen-bond acceptors (Lipinski definition) is 4. The third kappa shape index (κ3) is 3.93. The minimum Gasteiger partial charge on any atom is -0.325 e. The summed E-state index contributed by atoms with van der Waals surface area (Å²) in [6.07, 6.45) is 2.45. The molecule has 2 heterocycles. The van der Waals surface area contributed by atoms with Gasteiger partial charge in [0.15, 0.2) is 0 Å². The van der Waals surface area contributed by atoms with Crippen molar-refractivity contribution in [2.75, 3.05) is 18.4 Å². The summed E-state index contributed by atoms with van der Waals surface area (Å²) < 4.78 is 25.1. The SMILES string of the molecule is CCn1cc(NC(=O)C2CCN(S(N)(=O)=O)CC2)ccc1=O. The Morgan fingerprint density at radius 2 is 2.00 bits per heavy atom. The molecule has 1 aromatic heterocycles. The quantitative estimate of drug-likeness (QED) is 0.791. The Labute approximate surface area is 129 Å². The number of aryl methyl sites for hydroxylation is 1. The van der Waals surface area contributed by atoms with Gasteiger partial charge in [0, 0.05) is 37.8 Å². The van der Waals surface area contributed by atoms with E-state index < -0.39 is 10.2 Å². The van der Waals surface area contributed by atoms with Gasteiger partial charge in [0.05, 0.1) is 5.69 Å². The van der Waals surface area contributed by atoms with Crippen molar-refractivity contribution in [3.8, 4) is 0 Å². The minimum absolute atomic E-state index is 0.123. The number of aromatic nitrogens is 1. The highest BCUT2D eigenvalue weighted by Gasteiger charge is 2.29. The second-order valence-electron chi connectivity index (χ2n) is 5.25. The molecule has 8 nitrogen and oxygen atoms in total. The Kier molecular flexibility index (Phi) is 4.99. The first-order valence-corrected chi connectivity index (χ1v) is 8.61. The van der Waals surface area contributed by atoms with Crippen LogP contribution in [-0.2, 0) is 21.5 Å².